The molecule has 4 rings (SSSR count). The van der Waals surface area contributed by atoms with Crippen molar-refractivity contribution in [1.29, 1.82) is 0 Å². The zero-order valence-corrected chi connectivity index (χ0v) is 32.2. The minimum Gasteiger partial charge on any atom is -0.726 e. The third kappa shape index (κ3) is 15.2. The summed E-state index contributed by atoms with van der Waals surface area (Å²) in [5.41, 5.74) is 0. The van der Waals surface area contributed by atoms with Crippen LogP contribution in [0.4, 0.5) is 0 Å². The maximum Gasteiger partial charge on any atom is 0.218 e. The van der Waals surface area contributed by atoms with Crippen LogP contribution in [0.3, 0.4) is 0 Å². The van der Waals surface area contributed by atoms with E-state index in [0.29, 0.717) is 12.7 Å². The lowest BCUT2D eigenvalue weighted by molar-refractivity contribution is -0.777. The highest BCUT2D eigenvalue weighted by molar-refractivity contribution is 7.92. The van der Waals surface area contributed by atoms with Crippen molar-refractivity contribution in [1.82, 2.24) is 4.72 Å². The molecule has 58 heavy (non-hydrogen) atoms. The number of aliphatic hydroxyl groups is 5. The van der Waals surface area contributed by atoms with Crippen LogP contribution in [0.5, 0.6) is 0 Å². The van der Waals surface area contributed by atoms with Crippen LogP contribution in [0, 0.1) is 5.92 Å². The lowest BCUT2D eigenvalue weighted by Crippen LogP contribution is -2.67. The molecule has 4 aliphatic rings. The largest absolute Gasteiger partial charge is 0.726 e. The van der Waals surface area contributed by atoms with Crippen molar-refractivity contribution in [3.63, 3.8) is 0 Å². The van der Waals surface area contributed by atoms with Crippen LogP contribution in [-0.4, -0.2) is 189 Å². The number of hydrogen-bond acceptors (Lipinski definition) is 30. The predicted molar refractivity (Wildman–Crippen MR) is 166 cm³/mol. The Hall–Kier alpha value is -1.94. The summed E-state index contributed by atoms with van der Waals surface area (Å²) in [7, 11) is -10.9. The van der Waals surface area contributed by atoms with Crippen LogP contribution in [-0.2, 0) is 86.1 Å². The summed E-state index contributed by atoms with van der Waals surface area (Å²) in [6.45, 7) is -0.00622. The van der Waals surface area contributed by atoms with Crippen molar-refractivity contribution in [2.45, 2.75) is 118 Å². The number of ether oxygens (including phenoxy) is 7. The Kier molecular flexibility index (Phi) is 22.0. The molecule has 340 valence electrons. The fourth-order valence-electron chi connectivity index (χ4n) is 5.85. The van der Waals surface area contributed by atoms with Gasteiger partial charge < -0.3 is 97.7 Å². The van der Waals surface area contributed by atoms with Gasteiger partial charge in [0, 0.05) is 18.9 Å². The van der Waals surface area contributed by atoms with Crippen LogP contribution in [0.2, 0.25) is 0 Å². The molecule has 17 unspecified atom stereocenters. The summed E-state index contributed by atoms with van der Waals surface area (Å²) in [5, 5.41) is 84.4. The van der Waals surface area contributed by atoms with Gasteiger partial charge in [-0.1, -0.05) is 13.8 Å². The van der Waals surface area contributed by atoms with Gasteiger partial charge in [0.1, 0.15) is 67.2 Å². The Balaban J connectivity index is 0.00000182. The molecule has 4 heterocycles. The molecule has 6 N–H and O–H groups in total. The van der Waals surface area contributed by atoms with Crippen molar-refractivity contribution < 1.29 is 132 Å². The molecule has 0 spiro atoms. The molecule has 0 saturated carbocycles. The molecule has 0 aromatic rings. The van der Waals surface area contributed by atoms with Gasteiger partial charge in [0.25, 0.3) is 0 Å². The summed E-state index contributed by atoms with van der Waals surface area (Å²) in [4.78, 5) is 27.8. The van der Waals surface area contributed by atoms with E-state index in [1.165, 1.54) is 6.92 Å². The van der Waals surface area contributed by atoms with Crippen LogP contribution in [0.1, 0.15) is 20.3 Å². The molecule has 0 aromatic carbocycles. The molecule has 17 atom stereocenters. The molecule has 0 radical (unpaired) electrons. The van der Waals surface area contributed by atoms with Crippen LogP contribution in [0.25, 0.3) is 0 Å². The highest BCUT2D eigenvalue weighted by Gasteiger charge is 2.53. The standard InChI is InChI=1S/C24H41NO24S3.2CH2O2/c1-3-9-19(16(29)10(4-26)42-9)45-23-18(31)15(28)11(6-40-23)43-22-13(25-50-49-48-32)17(30)20(12(44-22)7-41-51(33,34)35)46-24-21(47-52(36,37)38)14(27)8(2)5-39-24;2*2-1-3/h4,8-25,27-32H,3,5-7H2,1-2H3,(H,33,34,35)(H,36,37,38);2*1H,(H,2,3)/p-5. The van der Waals surface area contributed by atoms with Crippen molar-refractivity contribution in [3.8, 4) is 0 Å². The van der Waals surface area contributed by atoms with E-state index in [0.717, 1.165) is 0 Å². The summed E-state index contributed by atoms with van der Waals surface area (Å²) in [6, 6.07) is -1.67. The van der Waals surface area contributed by atoms with Crippen LogP contribution in [0.15, 0.2) is 0 Å². The SMILES string of the molecule is CCC1OC(C=O)C(O)C1OC1OCC(OC2OC(COS(=O)(=O)[O-])C(OC3OCC(C)C(O)C3OS(=O)(=O)[O-])C(O)C2NSOO[O-])C(O)C1O.O=C[O-].O=C[O-]. The average Bonchev–Trinajstić information content (AvgIpc) is 3.45. The number of rotatable bonds is 17. The van der Waals surface area contributed by atoms with E-state index in [1.54, 1.807) is 6.92 Å². The van der Waals surface area contributed by atoms with E-state index in [4.69, 9.17) is 53.0 Å². The number of aldehydes is 1. The summed E-state index contributed by atoms with van der Waals surface area (Å²) < 4.78 is 123. The van der Waals surface area contributed by atoms with Gasteiger partial charge in [0.05, 0.1) is 38.1 Å². The summed E-state index contributed by atoms with van der Waals surface area (Å²) in [5.74, 6) is -0.806. The normalized spacial score (nSPS) is 39.3. The van der Waals surface area contributed by atoms with E-state index in [-0.39, 0.29) is 18.8 Å². The van der Waals surface area contributed by atoms with Gasteiger partial charge in [0.2, 0.25) is 20.8 Å². The molecule has 0 aliphatic carbocycles. The first-order valence-corrected chi connectivity index (χ1v) is 19.7. The highest BCUT2D eigenvalue weighted by atomic mass is 32.3. The van der Waals surface area contributed by atoms with Crippen LogP contribution >= 0.6 is 12.2 Å². The third-order valence-electron chi connectivity index (χ3n) is 8.47. The second kappa shape index (κ2) is 24.5. The van der Waals surface area contributed by atoms with Gasteiger partial charge in [-0.05, 0) is 6.42 Å². The lowest BCUT2D eigenvalue weighted by atomic mass is 9.95. The Morgan fingerprint density at radius 1 is 0.759 bits per heavy atom. The van der Waals surface area contributed by atoms with Crippen molar-refractivity contribution in [3.05, 3.63) is 0 Å². The van der Waals surface area contributed by atoms with Gasteiger partial charge in [-0.2, -0.15) is 4.33 Å². The number of hydrogen-bond donors (Lipinski definition) is 6. The summed E-state index contributed by atoms with van der Waals surface area (Å²) in [6.07, 6.45) is -24.2. The monoisotopic (exact) mass is 910 g/mol. The number of nitrogens with one attached hydrogen (secondary N) is 1. The quantitative estimate of drug-likeness (QED) is 0.0115. The van der Waals surface area contributed by atoms with Gasteiger partial charge in [-0.25, -0.2) is 21.6 Å². The van der Waals surface area contributed by atoms with Crippen LogP contribution < -0.4 is 20.2 Å². The average molecular weight is 911 g/mol. The Morgan fingerprint density at radius 3 is 1.90 bits per heavy atom. The molecule has 4 aliphatic heterocycles. The second-order valence-electron chi connectivity index (χ2n) is 12.2. The molecule has 32 heteroatoms. The van der Waals surface area contributed by atoms with E-state index in [9.17, 15) is 61.5 Å². The zero-order valence-electron chi connectivity index (χ0n) is 29.7. The van der Waals surface area contributed by atoms with E-state index in [2.05, 4.69) is 22.5 Å². The number of carbonyl (C=O) groups is 3. The van der Waals surface area contributed by atoms with E-state index >= 15 is 0 Å². The Bertz CT molecular complexity index is 1460. The van der Waals surface area contributed by atoms with Crippen molar-refractivity contribution >= 4 is 52.3 Å². The fraction of sp³-hybridized carbons (Fsp3) is 0.885. The third-order valence-corrected chi connectivity index (χ3v) is 9.84. The lowest BCUT2D eigenvalue weighted by Gasteiger charge is -2.48. The number of carbonyl (C=O) groups excluding carboxylic acids is 3. The maximum absolute atomic E-state index is 11.4. The topological polar surface area (TPSA) is 450 Å². The van der Waals surface area contributed by atoms with Gasteiger partial charge in [-0.15, -0.1) is 0 Å². The molecule has 0 bridgehead atoms. The molecular formula is C26H40NO28S3-5. The maximum atomic E-state index is 11.4. The number of carboxylic acid groups (broad SMARTS) is 2. The minimum atomic E-state index is -5.49. The smallest absolute Gasteiger partial charge is 0.218 e. The first-order valence-electron chi connectivity index (χ1n) is 16.3. The van der Waals surface area contributed by atoms with Crippen molar-refractivity contribution in [2.75, 3.05) is 19.8 Å². The van der Waals surface area contributed by atoms with E-state index < -0.39 is 151 Å². The minimum absolute atomic E-state index is 0.0518. The highest BCUT2D eigenvalue weighted by Crippen LogP contribution is 2.34. The first-order chi connectivity index (χ1) is 27.2. The zero-order chi connectivity index (χ0) is 44.0. The fourth-order valence-corrected chi connectivity index (χ4v) is 7.05. The number of aliphatic hydroxyl groups excluding tert-OH is 5. The predicted octanol–water partition coefficient (Wildman–Crippen LogP) is -9.80. The molecule has 0 aromatic heterocycles. The van der Waals surface area contributed by atoms with E-state index in [1.807, 2.05) is 0 Å². The molecule has 4 saturated heterocycles. The Morgan fingerprint density at radius 2 is 1.34 bits per heavy atom. The Labute approximate surface area is 332 Å². The molecule has 0 amide bonds. The molecular weight excluding hydrogens is 870 g/mol. The first kappa shape index (κ1) is 52.2. The molecule has 29 nitrogen and oxygen atoms in total. The van der Waals surface area contributed by atoms with Gasteiger partial charge in [0.15, 0.2) is 31.3 Å². The molecule has 4 fully saturated rings. The second-order valence-corrected chi connectivity index (χ2v) is 14.8. The van der Waals surface area contributed by atoms with Gasteiger partial charge >= 0.3 is 0 Å². The summed E-state index contributed by atoms with van der Waals surface area (Å²) >= 11 is 0.0518. The van der Waals surface area contributed by atoms with Gasteiger partial charge in [-0.3, -0.25) is 13.4 Å². The van der Waals surface area contributed by atoms with Crippen molar-refractivity contribution in [2.24, 2.45) is 5.92 Å².